The van der Waals surface area contributed by atoms with Gasteiger partial charge in [-0.05, 0) is 37.7 Å². The Balaban J connectivity index is 1.94. The molecule has 2 amide bonds. The number of hydrogen-bond donors (Lipinski definition) is 3. The average molecular weight is 459 g/mol. The number of allylic oxidation sites excluding steroid dienone is 2. The molecule has 1 aromatic carbocycles. The van der Waals surface area contributed by atoms with Crippen LogP contribution in [0.15, 0.2) is 42.5 Å². The molecule has 1 rings (SSSR count). The van der Waals surface area contributed by atoms with Gasteiger partial charge in [0.15, 0.2) is 0 Å². The second kappa shape index (κ2) is 20.3. The fraction of sp³-hybridized carbons (Fsp3) is 0.643. The maximum Gasteiger partial charge on any atom is 0.326 e. The van der Waals surface area contributed by atoms with Gasteiger partial charge in [-0.3, -0.25) is 0 Å². The van der Waals surface area contributed by atoms with E-state index in [-0.39, 0.29) is 6.42 Å². The summed E-state index contributed by atoms with van der Waals surface area (Å²) in [6.45, 7) is 2.83. The van der Waals surface area contributed by atoms with Gasteiger partial charge in [-0.25, -0.2) is 9.59 Å². The SMILES string of the molecule is CCCCCCCCC=CCCCCCCCCNC(=O)N[C@@H](Cc1ccccc1)C(=O)O. The molecule has 33 heavy (non-hydrogen) atoms. The molecule has 5 nitrogen and oxygen atoms in total. The molecule has 0 radical (unpaired) electrons. The number of amides is 2. The summed E-state index contributed by atoms with van der Waals surface area (Å²) >= 11 is 0. The molecule has 0 aromatic heterocycles. The van der Waals surface area contributed by atoms with Gasteiger partial charge < -0.3 is 15.7 Å². The zero-order valence-corrected chi connectivity index (χ0v) is 20.7. The van der Waals surface area contributed by atoms with Gasteiger partial charge in [0.1, 0.15) is 6.04 Å². The maximum absolute atomic E-state index is 12.0. The number of carbonyl (C=O) groups excluding carboxylic acids is 1. The number of aliphatic carboxylic acids is 1. The molecular weight excluding hydrogens is 412 g/mol. The van der Waals surface area contributed by atoms with Gasteiger partial charge in [0, 0.05) is 13.0 Å². The van der Waals surface area contributed by atoms with Gasteiger partial charge in [-0.15, -0.1) is 0 Å². The fourth-order valence-electron chi connectivity index (χ4n) is 3.83. The number of carbonyl (C=O) groups is 2. The zero-order chi connectivity index (χ0) is 24.0. The average Bonchev–Trinajstić information content (AvgIpc) is 2.81. The van der Waals surface area contributed by atoms with Gasteiger partial charge >= 0.3 is 12.0 Å². The molecule has 1 atom stereocenters. The number of urea groups is 1. The summed E-state index contributed by atoms with van der Waals surface area (Å²) in [4.78, 5) is 23.4. The third-order valence-corrected chi connectivity index (χ3v) is 5.86. The summed E-state index contributed by atoms with van der Waals surface area (Å²) in [6.07, 6.45) is 22.5. The number of unbranched alkanes of at least 4 members (excludes halogenated alkanes) is 12. The van der Waals surface area contributed by atoms with Gasteiger partial charge in [-0.2, -0.15) is 0 Å². The number of carboxylic acids is 1. The first-order valence-electron chi connectivity index (χ1n) is 13.1. The van der Waals surface area contributed by atoms with E-state index in [1.165, 1.54) is 77.0 Å². The fourth-order valence-corrected chi connectivity index (χ4v) is 3.83. The molecule has 0 saturated carbocycles. The van der Waals surface area contributed by atoms with E-state index in [2.05, 4.69) is 29.7 Å². The van der Waals surface area contributed by atoms with Crippen molar-refractivity contribution in [2.24, 2.45) is 0 Å². The van der Waals surface area contributed by atoms with E-state index < -0.39 is 18.0 Å². The first-order valence-corrected chi connectivity index (χ1v) is 13.1. The highest BCUT2D eigenvalue weighted by molar-refractivity contribution is 5.82. The molecule has 5 heteroatoms. The van der Waals surface area contributed by atoms with E-state index in [0.29, 0.717) is 6.54 Å². The molecule has 0 aliphatic heterocycles. The molecule has 3 N–H and O–H groups in total. The summed E-state index contributed by atoms with van der Waals surface area (Å²) in [5, 5.41) is 14.7. The third-order valence-electron chi connectivity index (χ3n) is 5.86. The molecule has 0 aliphatic carbocycles. The van der Waals surface area contributed by atoms with Gasteiger partial charge in [0.25, 0.3) is 0 Å². The lowest BCUT2D eigenvalue weighted by Crippen LogP contribution is -2.47. The van der Waals surface area contributed by atoms with E-state index >= 15 is 0 Å². The molecule has 0 heterocycles. The van der Waals surface area contributed by atoms with Crippen molar-refractivity contribution in [3.05, 3.63) is 48.0 Å². The van der Waals surface area contributed by atoms with Crippen molar-refractivity contribution in [3.63, 3.8) is 0 Å². The van der Waals surface area contributed by atoms with E-state index in [0.717, 1.165) is 18.4 Å². The molecule has 0 fully saturated rings. The van der Waals surface area contributed by atoms with E-state index in [1.54, 1.807) is 0 Å². The first-order chi connectivity index (χ1) is 16.1. The molecule has 0 unspecified atom stereocenters. The molecule has 0 saturated heterocycles. The van der Waals surface area contributed by atoms with Crippen LogP contribution in [0, 0.1) is 0 Å². The lowest BCUT2D eigenvalue weighted by atomic mass is 10.1. The monoisotopic (exact) mass is 458 g/mol. The highest BCUT2D eigenvalue weighted by Crippen LogP contribution is 2.10. The Hall–Kier alpha value is -2.30. The Labute approximate surface area is 201 Å². The van der Waals surface area contributed by atoms with Crippen LogP contribution in [0.4, 0.5) is 4.79 Å². The maximum atomic E-state index is 12.0. The van der Waals surface area contributed by atoms with Crippen LogP contribution in [-0.2, 0) is 11.2 Å². The zero-order valence-electron chi connectivity index (χ0n) is 20.7. The highest BCUT2D eigenvalue weighted by Gasteiger charge is 2.19. The van der Waals surface area contributed by atoms with Crippen LogP contribution in [0.1, 0.15) is 102 Å². The summed E-state index contributed by atoms with van der Waals surface area (Å²) < 4.78 is 0. The van der Waals surface area contributed by atoms with E-state index in [4.69, 9.17) is 0 Å². The van der Waals surface area contributed by atoms with Crippen LogP contribution in [0.25, 0.3) is 0 Å². The summed E-state index contributed by atoms with van der Waals surface area (Å²) in [5.41, 5.74) is 0.887. The minimum atomic E-state index is -1.02. The van der Waals surface area contributed by atoms with Gasteiger partial charge in [-0.1, -0.05) is 107 Å². The predicted octanol–water partition coefficient (Wildman–Crippen LogP) is 7.02. The van der Waals surface area contributed by atoms with Crippen molar-refractivity contribution in [3.8, 4) is 0 Å². The number of rotatable bonds is 20. The quantitative estimate of drug-likeness (QED) is 0.145. The van der Waals surface area contributed by atoms with Gasteiger partial charge in [0.2, 0.25) is 0 Å². The second-order valence-corrected chi connectivity index (χ2v) is 8.92. The van der Waals surface area contributed by atoms with Crippen molar-refractivity contribution < 1.29 is 14.7 Å². The van der Waals surface area contributed by atoms with Crippen LogP contribution >= 0.6 is 0 Å². The predicted molar refractivity (Wildman–Crippen MR) is 138 cm³/mol. The Morgan fingerprint density at radius 1 is 0.818 bits per heavy atom. The van der Waals surface area contributed by atoms with Crippen molar-refractivity contribution in [2.45, 2.75) is 109 Å². The van der Waals surface area contributed by atoms with Crippen LogP contribution in [-0.4, -0.2) is 29.7 Å². The lowest BCUT2D eigenvalue weighted by molar-refractivity contribution is -0.139. The second-order valence-electron chi connectivity index (χ2n) is 8.92. The minimum absolute atomic E-state index is 0.276. The first kappa shape index (κ1) is 28.7. The van der Waals surface area contributed by atoms with Gasteiger partial charge in [0.05, 0.1) is 0 Å². The summed E-state index contributed by atoms with van der Waals surface area (Å²) in [6, 6.07) is 8.00. The molecule has 0 bridgehead atoms. The van der Waals surface area contributed by atoms with Crippen molar-refractivity contribution >= 4 is 12.0 Å². The number of carboxylic acid groups (broad SMARTS) is 1. The van der Waals surface area contributed by atoms with E-state index in [1.807, 2.05) is 30.3 Å². The Bertz CT molecular complexity index is 646. The van der Waals surface area contributed by atoms with Crippen molar-refractivity contribution in [1.29, 1.82) is 0 Å². The van der Waals surface area contributed by atoms with Crippen LogP contribution in [0.3, 0.4) is 0 Å². The van der Waals surface area contributed by atoms with Crippen LogP contribution in [0.2, 0.25) is 0 Å². The molecule has 0 aliphatic rings. The normalized spacial score (nSPS) is 12.0. The van der Waals surface area contributed by atoms with E-state index in [9.17, 15) is 14.7 Å². The molecule has 1 aromatic rings. The largest absolute Gasteiger partial charge is 0.480 e. The number of benzene rings is 1. The Kier molecular flexibility index (Phi) is 17.7. The molecular formula is C28H46N2O3. The third kappa shape index (κ3) is 16.9. The lowest BCUT2D eigenvalue weighted by Gasteiger charge is -2.15. The number of hydrogen-bond acceptors (Lipinski definition) is 2. The Morgan fingerprint density at radius 3 is 1.94 bits per heavy atom. The van der Waals surface area contributed by atoms with Crippen LogP contribution in [0.5, 0.6) is 0 Å². The standard InChI is InChI=1S/C28H46N2O3/c1-2-3-4-5-6-7-8-9-10-11-12-13-14-15-16-20-23-29-28(33)30-26(27(31)32)24-25-21-18-17-19-22-25/h9-10,17-19,21-22,26H,2-8,11-16,20,23-24H2,1H3,(H,31,32)(H2,29,30,33)/t26-/m0/s1. The number of nitrogens with one attached hydrogen (secondary N) is 2. The summed E-state index contributed by atoms with van der Waals surface area (Å²) in [7, 11) is 0. The van der Waals surface area contributed by atoms with Crippen molar-refractivity contribution in [2.75, 3.05) is 6.54 Å². The molecule has 186 valence electrons. The summed E-state index contributed by atoms with van der Waals surface area (Å²) in [5.74, 6) is -1.02. The smallest absolute Gasteiger partial charge is 0.326 e. The molecule has 0 spiro atoms. The van der Waals surface area contributed by atoms with Crippen molar-refractivity contribution in [1.82, 2.24) is 10.6 Å². The Morgan fingerprint density at radius 2 is 1.36 bits per heavy atom. The topological polar surface area (TPSA) is 78.4 Å². The minimum Gasteiger partial charge on any atom is -0.480 e. The van der Waals surface area contributed by atoms with Crippen LogP contribution < -0.4 is 10.6 Å². The highest BCUT2D eigenvalue weighted by atomic mass is 16.4.